The average molecular weight is 401 g/mol. The number of halogens is 1. The molecule has 8 heteroatoms. The highest BCUT2D eigenvalue weighted by Gasteiger charge is 2.16. The van der Waals surface area contributed by atoms with Crippen LogP contribution in [0.3, 0.4) is 0 Å². The Hall–Kier alpha value is -3.06. The Morgan fingerprint density at radius 3 is 2.57 bits per heavy atom. The Morgan fingerprint density at radius 1 is 1.14 bits per heavy atom. The molecule has 0 spiro atoms. The third-order valence-corrected chi connectivity index (χ3v) is 4.51. The minimum atomic E-state index is -0.383. The number of nitrogens with one attached hydrogen (secondary N) is 1. The standard InChI is InChI=1S/C20H21ClN4O3/c1-12-9-13(2)25(24-12)18-8-7-16(21)19(23-18)20(26)22-11-14-5-6-15(27-3)10-17(14)28-4/h5-10H,11H2,1-4H3,(H,22,26). The van der Waals surface area contributed by atoms with Crippen LogP contribution in [0.1, 0.15) is 27.4 Å². The van der Waals surface area contributed by atoms with Gasteiger partial charge >= 0.3 is 0 Å². The zero-order valence-corrected chi connectivity index (χ0v) is 16.9. The third-order valence-electron chi connectivity index (χ3n) is 4.21. The molecule has 1 amide bonds. The van der Waals surface area contributed by atoms with E-state index in [1.54, 1.807) is 43.2 Å². The fourth-order valence-corrected chi connectivity index (χ4v) is 3.02. The van der Waals surface area contributed by atoms with E-state index >= 15 is 0 Å². The van der Waals surface area contributed by atoms with Crippen molar-refractivity contribution in [2.24, 2.45) is 0 Å². The lowest BCUT2D eigenvalue weighted by Crippen LogP contribution is -2.25. The van der Waals surface area contributed by atoms with Crippen LogP contribution in [-0.2, 0) is 6.54 Å². The summed E-state index contributed by atoms with van der Waals surface area (Å²) in [5.74, 6) is 1.44. The molecule has 0 aliphatic rings. The van der Waals surface area contributed by atoms with Gasteiger partial charge in [-0.05, 0) is 44.2 Å². The number of methoxy groups -OCH3 is 2. The maximum absolute atomic E-state index is 12.7. The van der Waals surface area contributed by atoms with Crippen LogP contribution < -0.4 is 14.8 Å². The van der Waals surface area contributed by atoms with Gasteiger partial charge in [-0.25, -0.2) is 9.67 Å². The molecule has 0 saturated heterocycles. The molecule has 0 radical (unpaired) electrons. The zero-order chi connectivity index (χ0) is 20.3. The summed E-state index contributed by atoms with van der Waals surface area (Å²) in [5.41, 5.74) is 2.73. The minimum absolute atomic E-state index is 0.138. The number of carbonyl (C=O) groups excluding carboxylic acids is 1. The largest absolute Gasteiger partial charge is 0.497 e. The van der Waals surface area contributed by atoms with E-state index in [9.17, 15) is 4.79 Å². The van der Waals surface area contributed by atoms with Crippen molar-refractivity contribution in [3.63, 3.8) is 0 Å². The number of benzene rings is 1. The number of nitrogens with zero attached hydrogens (tertiary/aromatic N) is 3. The van der Waals surface area contributed by atoms with Crippen LogP contribution in [0, 0.1) is 13.8 Å². The van der Waals surface area contributed by atoms with Gasteiger partial charge < -0.3 is 14.8 Å². The zero-order valence-electron chi connectivity index (χ0n) is 16.1. The van der Waals surface area contributed by atoms with E-state index < -0.39 is 0 Å². The number of aromatic nitrogens is 3. The molecular weight excluding hydrogens is 380 g/mol. The highest BCUT2D eigenvalue weighted by molar-refractivity contribution is 6.33. The Labute approximate surface area is 168 Å². The Balaban J connectivity index is 1.81. The second-order valence-corrected chi connectivity index (χ2v) is 6.61. The lowest BCUT2D eigenvalue weighted by molar-refractivity contribution is 0.0946. The van der Waals surface area contributed by atoms with Crippen LogP contribution in [0.25, 0.3) is 5.82 Å². The number of amides is 1. The van der Waals surface area contributed by atoms with Crippen molar-refractivity contribution >= 4 is 17.5 Å². The molecule has 0 aliphatic carbocycles. The van der Waals surface area contributed by atoms with Gasteiger partial charge in [-0.1, -0.05) is 11.6 Å². The fourth-order valence-electron chi connectivity index (χ4n) is 2.83. The van der Waals surface area contributed by atoms with Gasteiger partial charge in [0.25, 0.3) is 5.91 Å². The normalized spacial score (nSPS) is 10.6. The molecule has 28 heavy (non-hydrogen) atoms. The Kier molecular flexibility index (Phi) is 5.84. The molecule has 0 bridgehead atoms. The topological polar surface area (TPSA) is 78.3 Å². The predicted octanol–water partition coefficient (Wildman–Crippen LogP) is 3.48. The molecular formula is C20H21ClN4O3. The summed E-state index contributed by atoms with van der Waals surface area (Å²) in [5, 5.41) is 7.49. The van der Waals surface area contributed by atoms with Crippen molar-refractivity contribution < 1.29 is 14.3 Å². The summed E-state index contributed by atoms with van der Waals surface area (Å²) < 4.78 is 12.2. The van der Waals surface area contributed by atoms with Gasteiger partial charge in [0.05, 0.1) is 24.9 Å². The average Bonchev–Trinajstić information content (AvgIpc) is 3.04. The van der Waals surface area contributed by atoms with Gasteiger partial charge in [-0.2, -0.15) is 5.10 Å². The van der Waals surface area contributed by atoms with Gasteiger partial charge in [0.2, 0.25) is 0 Å². The predicted molar refractivity (Wildman–Crippen MR) is 107 cm³/mol. The van der Waals surface area contributed by atoms with Crippen LogP contribution in [0.15, 0.2) is 36.4 Å². The molecule has 0 unspecified atom stereocenters. The number of rotatable bonds is 6. The molecule has 146 valence electrons. The number of hydrogen-bond donors (Lipinski definition) is 1. The van der Waals surface area contributed by atoms with E-state index in [2.05, 4.69) is 15.4 Å². The van der Waals surface area contributed by atoms with Crippen molar-refractivity contribution in [1.29, 1.82) is 0 Å². The molecule has 2 aromatic heterocycles. The van der Waals surface area contributed by atoms with Gasteiger partial charge in [-0.3, -0.25) is 4.79 Å². The van der Waals surface area contributed by atoms with Crippen LogP contribution in [0.5, 0.6) is 11.5 Å². The molecule has 2 heterocycles. The minimum Gasteiger partial charge on any atom is -0.497 e. The number of aryl methyl sites for hydroxylation is 2. The number of pyridine rings is 1. The monoisotopic (exact) mass is 400 g/mol. The molecule has 0 fully saturated rings. The van der Waals surface area contributed by atoms with E-state index in [1.165, 1.54) is 0 Å². The van der Waals surface area contributed by atoms with E-state index in [0.717, 1.165) is 17.0 Å². The molecule has 0 saturated carbocycles. The summed E-state index contributed by atoms with van der Waals surface area (Å²) in [6, 6.07) is 10.7. The van der Waals surface area contributed by atoms with Crippen LogP contribution in [0.4, 0.5) is 0 Å². The number of ether oxygens (including phenoxy) is 2. The van der Waals surface area contributed by atoms with Crippen molar-refractivity contribution in [3.8, 4) is 17.3 Å². The van der Waals surface area contributed by atoms with Gasteiger partial charge in [0.15, 0.2) is 5.82 Å². The first-order valence-corrected chi connectivity index (χ1v) is 9.00. The molecule has 1 N–H and O–H groups in total. The third kappa shape index (κ3) is 4.09. The molecule has 1 aromatic carbocycles. The van der Waals surface area contributed by atoms with Gasteiger partial charge in [0, 0.05) is 23.9 Å². The van der Waals surface area contributed by atoms with Crippen molar-refractivity contribution in [1.82, 2.24) is 20.1 Å². The molecule has 0 aliphatic heterocycles. The second-order valence-electron chi connectivity index (χ2n) is 6.20. The quantitative estimate of drug-likeness (QED) is 0.685. The van der Waals surface area contributed by atoms with Gasteiger partial charge in [0.1, 0.15) is 17.2 Å². The molecule has 3 aromatic rings. The number of hydrogen-bond acceptors (Lipinski definition) is 5. The van der Waals surface area contributed by atoms with Crippen LogP contribution in [-0.4, -0.2) is 34.9 Å². The van der Waals surface area contributed by atoms with E-state index in [0.29, 0.717) is 17.3 Å². The van der Waals surface area contributed by atoms with Crippen molar-refractivity contribution in [2.75, 3.05) is 14.2 Å². The van der Waals surface area contributed by atoms with Crippen molar-refractivity contribution in [2.45, 2.75) is 20.4 Å². The molecule has 7 nitrogen and oxygen atoms in total. The van der Waals surface area contributed by atoms with E-state index in [4.69, 9.17) is 21.1 Å². The first-order chi connectivity index (χ1) is 13.4. The first-order valence-electron chi connectivity index (χ1n) is 8.62. The van der Waals surface area contributed by atoms with Crippen molar-refractivity contribution in [3.05, 3.63) is 64.1 Å². The van der Waals surface area contributed by atoms with Crippen LogP contribution in [0.2, 0.25) is 5.02 Å². The smallest absolute Gasteiger partial charge is 0.271 e. The summed E-state index contributed by atoms with van der Waals surface area (Å²) >= 11 is 6.21. The lowest BCUT2D eigenvalue weighted by atomic mass is 10.2. The van der Waals surface area contributed by atoms with Crippen LogP contribution >= 0.6 is 11.6 Å². The second kappa shape index (κ2) is 8.31. The fraction of sp³-hybridized carbons (Fsp3) is 0.250. The Bertz CT molecular complexity index is 1020. The summed E-state index contributed by atoms with van der Waals surface area (Å²) in [7, 11) is 3.15. The maximum Gasteiger partial charge on any atom is 0.271 e. The number of carbonyl (C=O) groups is 1. The summed E-state index contributed by atoms with van der Waals surface area (Å²) in [6.45, 7) is 4.08. The van der Waals surface area contributed by atoms with E-state index in [-0.39, 0.29) is 23.2 Å². The van der Waals surface area contributed by atoms with Gasteiger partial charge in [-0.15, -0.1) is 0 Å². The molecule has 3 rings (SSSR count). The highest BCUT2D eigenvalue weighted by atomic mass is 35.5. The summed E-state index contributed by atoms with van der Waals surface area (Å²) in [6.07, 6.45) is 0. The molecule has 0 atom stereocenters. The Morgan fingerprint density at radius 2 is 1.93 bits per heavy atom. The van der Waals surface area contributed by atoms with E-state index in [1.807, 2.05) is 26.0 Å². The summed E-state index contributed by atoms with van der Waals surface area (Å²) in [4.78, 5) is 17.1. The lowest BCUT2D eigenvalue weighted by Gasteiger charge is -2.12. The first kappa shape index (κ1) is 19.7. The SMILES string of the molecule is COc1ccc(CNC(=O)c2nc(-n3nc(C)cc3C)ccc2Cl)c(OC)c1. The highest BCUT2D eigenvalue weighted by Crippen LogP contribution is 2.24. The maximum atomic E-state index is 12.7.